The number of hydrogen-bond donors (Lipinski definition) is 0. The molecule has 2 rings (SSSR count). The van der Waals surface area contributed by atoms with Crippen LogP contribution in [-0.2, 0) is 0 Å². The van der Waals surface area contributed by atoms with E-state index < -0.39 is 6.17 Å². The van der Waals surface area contributed by atoms with Gasteiger partial charge in [0, 0.05) is 25.4 Å². The molecule has 0 aromatic heterocycles. The highest BCUT2D eigenvalue weighted by atomic mass is 19.1. The standard InChI is InChI=1S/C14H20FN/c1-9(7-10(2)15)12-5-6-16(4)14-8-13(14)11(12)3/h5-6,10,13-14H,1,7-8H2,2-4H3/t10?,13-,14?/m1/s1. The van der Waals surface area contributed by atoms with Crippen LogP contribution in [0.15, 0.2) is 35.6 Å². The number of rotatable bonds is 3. The summed E-state index contributed by atoms with van der Waals surface area (Å²) in [7, 11) is 2.11. The highest BCUT2D eigenvalue weighted by Crippen LogP contribution is 2.45. The van der Waals surface area contributed by atoms with Gasteiger partial charge >= 0.3 is 0 Å². The average molecular weight is 221 g/mol. The van der Waals surface area contributed by atoms with Crippen molar-refractivity contribution in [1.29, 1.82) is 0 Å². The highest BCUT2D eigenvalue weighted by molar-refractivity contribution is 5.45. The van der Waals surface area contributed by atoms with E-state index in [2.05, 4.69) is 37.7 Å². The van der Waals surface area contributed by atoms with E-state index >= 15 is 0 Å². The minimum Gasteiger partial charge on any atom is -0.377 e. The largest absolute Gasteiger partial charge is 0.377 e. The maximum absolute atomic E-state index is 13.0. The van der Waals surface area contributed by atoms with Gasteiger partial charge in [-0.15, -0.1) is 0 Å². The number of allylic oxidation sites excluding steroid dienone is 3. The van der Waals surface area contributed by atoms with Gasteiger partial charge in [0.15, 0.2) is 0 Å². The summed E-state index contributed by atoms with van der Waals surface area (Å²) in [6, 6.07) is 0.657. The van der Waals surface area contributed by atoms with Crippen molar-refractivity contribution >= 4 is 0 Å². The van der Waals surface area contributed by atoms with Crippen molar-refractivity contribution in [2.24, 2.45) is 5.92 Å². The van der Waals surface area contributed by atoms with Gasteiger partial charge in [0.2, 0.25) is 0 Å². The van der Waals surface area contributed by atoms with Crippen molar-refractivity contribution in [1.82, 2.24) is 4.90 Å². The first kappa shape index (κ1) is 11.4. The van der Waals surface area contributed by atoms with E-state index in [-0.39, 0.29) is 0 Å². The number of fused-ring (bicyclic) bond motifs is 1. The molecule has 3 atom stereocenters. The molecule has 1 aliphatic heterocycles. The van der Waals surface area contributed by atoms with E-state index in [0.717, 1.165) is 5.57 Å². The summed E-state index contributed by atoms with van der Waals surface area (Å²) in [5.41, 5.74) is 3.49. The molecule has 0 saturated heterocycles. The third kappa shape index (κ3) is 2.06. The average Bonchev–Trinajstić information content (AvgIpc) is 2.94. The summed E-state index contributed by atoms with van der Waals surface area (Å²) in [4.78, 5) is 2.26. The Labute approximate surface area is 97.3 Å². The van der Waals surface area contributed by atoms with E-state index in [1.165, 1.54) is 17.6 Å². The van der Waals surface area contributed by atoms with E-state index in [1.54, 1.807) is 6.92 Å². The van der Waals surface area contributed by atoms with Gasteiger partial charge in [-0.1, -0.05) is 12.2 Å². The molecule has 2 unspecified atom stereocenters. The third-order valence-electron chi connectivity index (χ3n) is 3.65. The van der Waals surface area contributed by atoms with Crippen LogP contribution in [0, 0.1) is 5.92 Å². The fourth-order valence-corrected chi connectivity index (χ4v) is 2.58. The van der Waals surface area contributed by atoms with Crippen LogP contribution in [0.2, 0.25) is 0 Å². The zero-order valence-corrected chi connectivity index (χ0v) is 10.3. The molecule has 0 N–H and O–H groups in total. The number of halogens is 1. The van der Waals surface area contributed by atoms with E-state index in [1.807, 2.05) is 0 Å². The normalized spacial score (nSPS) is 29.9. The van der Waals surface area contributed by atoms with Gasteiger partial charge < -0.3 is 4.90 Å². The van der Waals surface area contributed by atoms with Crippen LogP contribution >= 0.6 is 0 Å². The molecule has 1 heterocycles. The second-order valence-electron chi connectivity index (χ2n) is 5.08. The second-order valence-corrected chi connectivity index (χ2v) is 5.08. The zero-order valence-electron chi connectivity index (χ0n) is 10.3. The first-order chi connectivity index (χ1) is 7.50. The van der Waals surface area contributed by atoms with Crippen LogP contribution in [0.25, 0.3) is 0 Å². The van der Waals surface area contributed by atoms with Crippen LogP contribution in [0.4, 0.5) is 4.39 Å². The molecule has 16 heavy (non-hydrogen) atoms. The Balaban J connectivity index is 2.20. The molecule has 0 amide bonds. The maximum Gasteiger partial charge on any atom is 0.101 e. The summed E-state index contributed by atoms with van der Waals surface area (Å²) >= 11 is 0. The Hall–Kier alpha value is -1.05. The molecule has 2 aliphatic rings. The van der Waals surface area contributed by atoms with Gasteiger partial charge in [0.1, 0.15) is 6.17 Å². The molecule has 2 heteroatoms. The lowest BCUT2D eigenvalue weighted by molar-refractivity contribution is 0.361. The Bertz CT molecular complexity index is 365. The first-order valence-electron chi connectivity index (χ1n) is 5.94. The van der Waals surface area contributed by atoms with Crippen molar-refractivity contribution in [2.75, 3.05) is 7.05 Å². The minimum atomic E-state index is -0.808. The van der Waals surface area contributed by atoms with Crippen molar-refractivity contribution < 1.29 is 4.39 Å². The molecular formula is C14H20FN. The monoisotopic (exact) mass is 221 g/mol. The van der Waals surface area contributed by atoms with Gasteiger partial charge in [0.25, 0.3) is 0 Å². The van der Waals surface area contributed by atoms with Crippen molar-refractivity contribution in [2.45, 2.75) is 38.9 Å². The predicted octanol–water partition coefficient (Wildman–Crippen LogP) is 3.45. The number of nitrogens with zero attached hydrogens (tertiary/aromatic N) is 1. The van der Waals surface area contributed by atoms with Crippen LogP contribution < -0.4 is 0 Å². The molecule has 88 valence electrons. The second kappa shape index (κ2) is 4.08. The lowest BCUT2D eigenvalue weighted by Gasteiger charge is -2.11. The quantitative estimate of drug-likeness (QED) is 0.705. The highest BCUT2D eigenvalue weighted by Gasteiger charge is 2.42. The summed E-state index contributed by atoms with van der Waals surface area (Å²) in [6.07, 6.45) is 5.06. The van der Waals surface area contributed by atoms with Crippen LogP contribution in [-0.4, -0.2) is 24.2 Å². The topological polar surface area (TPSA) is 3.24 Å². The van der Waals surface area contributed by atoms with Gasteiger partial charge in [-0.3, -0.25) is 0 Å². The van der Waals surface area contributed by atoms with Crippen molar-refractivity contribution in [3.05, 3.63) is 35.6 Å². The molecule has 1 fully saturated rings. The maximum atomic E-state index is 13.0. The molecule has 0 bridgehead atoms. The molecule has 0 aromatic carbocycles. The fourth-order valence-electron chi connectivity index (χ4n) is 2.58. The third-order valence-corrected chi connectivity index (χ3v) is 3.65. The van der Waals surface area contributed by atoms with Gasteiger partial charge in [0.05, 0.1) is 0 Å². The van der Waals surface area contributed by atoms with E-state index in [4.69, 9.17) is 0 Å². The Morgan fingerprint density at radius 1 is 1.69 bits per heavy atom. The minimum absolute atomic E-state index is 0.443. The van der Waals surface area contributed by atoms with Crippen LogP contribution in [0.3, 0.4) is 0 Å². The fraction of sp³-hybridized carbons (Fsp3) is 0.571. The first-order valence-corrected chi connectivity index (χ1v) is 5.94. The van der Waals surface area contributed by atoms with E-state index in [0.29, 0.717) is 18.4 Å². The molecule has 1 aliphatic carbocycles. The van der Waals surface area contributed by atoms with Gasteiger partial charge in [-0.05, 0) is 43.7 Å². The molecule has 0 aromatic rings. The summed E-state index contributed by atoms with van der Waals surface area (Å²) in [6.45, 7) is 7.78. The smallest absolute Gasteiger partial charge is 0.101 e. The molecule has 1 saturated carbocycles. The summed E-state index contributed by atoms with van der Waals surface area (Å²) in [5.74, 6) is 0.654. The number of hydrogen-bond acceptors (Lipinski definition) is 1. The molecule has 0 radical (unpaired) electrons. The molecule has 1 nitrogen and oxygen atoms in total. The molecule has 0 spiro atoms. The van der Waals surface area contributed by atoms with Crippen LogP contribution in [0.1, 0.15) is 26.7 Å². The van der Waals surface area contributed by atoms with E-state index in [9.17, 15) is 4.39 Å². The Morgan fingerprint density at radius 3 is 3.00 bits per heavy atom. The summed E-state index contributed by atoms with van der Waals surface area (Å²) < 4.78 is 13.0. The lowest BCUT2D eigenvalue weighted by Crippen LogP contribution is -2.14. The van der Waals surface area contributed by atoms with Crippen molar-refractivity contribution in [3.63, 3.8) is 0 Å². The van der Waals surface area contributed by atoms with Gasteiger partial charge in [-0.2, -0.15) is 0 Å². The lowest BCUT2D eigenvalue weighted by atomic mass is 9.96. The molecular weight excluding hydrogens is 201 g/mol. The SMILES string of the molecule is C=C(CC(C)F)C1=C(C)[C@H]2CC2N(C)C=C1. The Morgan fingerprint density at radius 2 is 2.38 bits per heavy atom. The van der Waals surface area contributed by atoms with Gasteiger partial charge in [-0.25, -0.2) is 4.39 Å². The Kier molecular flexibility index (Phi) is 2.92. The zero-order chi connectivity index (χ0) is 11.9. The predicted molar refractivity (Wildman–Crippen MR) is 65.8 cm³/mol. The van der Waals surface area contributed by atoms with Crippen molar-refractivity contribution in [3.8, 4) is 0 Å². The number of alkyl halides is 1. The summed E-state index contributed by atoms with van der Waals surface area (Å²) in [5, 5.41) is 0. The van der Waals surface area contributed by atoms with Crippen LogP contribution in [0.5, 0.6) is 0 Å².